The second-order valence-corrected chi connectivity index (χ2v) is 17.2. The van der Waals surface area contributed by atoms with Crippen molar-refractivity contribution in [3.05, 3.63) is 102 Å². The van der Waals surface area contributed by atoms with E-state index in [1.807, 2.05) is 97.1 Å². The van der Waals surface area contributed by atoms with E-state index in [4.69, 9.17) is 0 Å². The SMILES string of the molecule is N#CC(C#N)=Cc1ccc(-c2cc(-c3cc(-c4ccc(C=C(C#N)C#N)s4)sc3-c3ccc(C=C(C#N)C#N)s3)c(-c3ccc(C=C(C#N)C#N)s3)s2)s1. The summed E-state index contributed by atoms with van der Waals surface area (Å²) in [5.74, 6) is 0. The molecule has 0 radical (unpaired) electrons. The molecule has 8 nitrogen and oxygen atoms in total. The fourth-order valence-corrected chi connectivity index (χ4v) is 11.5. The molecule has 0 spiro atoms. The topological polar surface area (TPSA) is 190 Å². The summed E-state index contributed by atoms with van der Waals surface area (Å²) in [6.07, 6.45) is 6.22. The molecule has 250 valence electrons. The van der Waals surface area contributed by atoms with Gasteiger partial charge in [-0.25, -0.2) is 0 Å². The molecule has 0 unspecified atom stereocenters. The van der Waals surface area contributed by atoms with Gasteiger partial charge in [-0.05, 0) is 85.0 Å². The van der Waals surface area contributed by atoms with Gasteiger partial charge in [0, 0.05) is 59.9 Å². The Morgan fingerprint density at radius 2 is 0.593 bits per heavy atom. The molecule has 0 aliphatic carbocycles. The lowest BCUT2D eigenvalue weighted by Gasteiger charge is -2.03. The minimum atomic E-state index is -0.00569. The summed E-state index contributed by atoms with van der Waals surface area (Å²) in [6, 6.07) is 34.8. The van der Waals surface area contributed by atoms with Gasteiger partial charge in [0.2, 0.25) is 0 Å². The highest BCUT2D eigenvalue weighted by Gasteiger charge is 2.23. The van der Waals surface area contributed by atoms with E-state index in [1.165, 1.54) is 45.3 Å². The van der Waals surface area contributed by atoms with Crippen LogP contribution in [0.2, 0.25) is 0 Å². The van der Waals surface area contributed by atoms with E-state index < -0.39 is 0 Å². The molecule has 0 aliphatic rings. The van der Waals surface area contributed by atoms with E-state index >= 15 is 0 Å². The number of hydrogen-bond acceptors (Lipinski definition) is 14. The zero-order valence-electron chi connectivity index (χ0n) is 27.1. The summed E-state index contributed by atoms with van der Waals surface area (Å²) >= 11 is 8.95. The van der Waals surface area contributed by atoms with Crippen LogP contribution < -0.4 is 0 Å². The first-order valence-corrected chi connectivity index (χ1v) is 20.0. The minimum absolute atomic E-state index is 0.00481. The lowest BCUT2D eigenvalue weighted by Crippen LogP contribution is -1.77. The van der Waals surface area contributed by atoms with Crippen LogP contribution in [0.1, 0.15) is 19.5 Å². The molecule has 0 aliphatic heterocycles. The zero-order chi connectivity index (χ0) is 38.2. The minimum Gasteiger partial charge on any atom is -0.192 e. The van der Waals surface area contributed by atoms with Gasteiger partial charge in [-0.3, -0.25) is 0 Å². The number of nitrogens with zero attached hydrogens (tertiary/aromatic N) is 8. The second kappa shape index (κ2) is 16.6. The van der Waals surface area contributed by atoms with Crippen LogP contribution in [0, 0.1) is 90.6 Å². The highest BCUT2D eigenvalue weighted by Crippen LogP contribution is 2.53. The summed E-state index contributed by atoms with van der Waals surface area (Å²) in [4.78, 5) is 10.5. The van der Waals surface area contributed by atoms with Gasteiger partial charge in [0.15, 0.2) is 0 Å². The van der Waals surface area contributed by atoms with Crippen molar-refractivity contribution in [1.82, 2.24) is 0 Å². The third-order valence-electron chi connectivity index (χ3n) is 7.30. The molecule has 0 aromatic carbocycles. The molecule has 0 fully saturated rings. The Morgan fingerprint density at radius 1 is 0.333 bits per heavy atom. The van der Waals surface area contributed by atoms with Crippen LogP contribution in [0.3, 0.4) is 0 Å². The van der Waals surface area contributed by atoms with Gasteiger partial charge in [0.05, 0.1) is 9.75 Å². The molecule has 0 saturated carbocycles. The highest BCUT2D eigenvalue weighted by molar-refractivity contribution is 7.28. The molecule has 6 heterocycles. The summed E-state index contributed by atoms with van der Waals surface area (Å²) in [5.41, 5.74) is 1.86. The number of thiophene rings is 6. The molecule has 14 heteroatoms. The maximum atomic E-state index is 9.37. The lowest BCUT2D eigenvalue weighted by molar-refractivity contribution is 1.47. The van der Waals surface area contributed by atoms with Crippen molar-refractivity contribution in [2.45, 2.75) is 0 Å². The average Bonchev–Trinajstić information content (AvgIpc) is 4.05. The molecule has 0 atom stereocenters. The Labute approximate surface area is 333 Å². The van der Waals surface area contributed by atoms with Crippen LogP contribution in [-0.2, 0) is 0 Å². The number of hydrogen-bond donors (Lipinski definition) is 0. The quantitative estimate of drug-likeness (QED) is 0.129. The van der Waals surface area contributed by atoms with Crippen LogP contribution in [0.5, 0.6) is 0 Å². The van der Waals surface area contributed by atoms with E-state index in [2.05, 4.69) is 12.1 Å². The van der Waals surface area contributed by atoms with E-state index in [9.17, 15) is 42.1 Å². The maximum absolute atomic E-state index is 9.37. The molecule has 0 saturated heterocycles. The van der Waals surface area contributed by atoms with Gasteiger partial charge in [0.25, 0.3) is 0 Å². The number of allylic oxidation sites excluding steroid dienone is 4. The smallest absolute Gasteiger partial charge is 0.131 e. The molecule has 6 aromatic heterocycles. The van der Waals surface area contributed by atoms with Crippen molar-refractivity contribution in [1.29, 1.82) is 42.1 Å². The Kier molecular flexibility index (Phi) is 11.3. The van der Waals surface area contributed by atoms with Gasteiger partial charge < -0.3 is 0 Å². The molecule has 0 amide bonds. The van der Waals surface area contributed by atoms with Crippen molar-refractivity contribution in [3.8, 4) is 98.7 Å². The molecule has 6 rings (SSSR count). The Bertz CT molecular complexity index is 2680. The summed E-state index contributed by atoms with van der Waals surface area (Å²) in [5, 5.41) is 74.7. The lowest BCUT2D eigenvalue weighted by atomic mass is 10.0. The van der Waals surface area contributed by atoms with Crippen LogP contribution >= 0.6 is 68.0 Å². The van der Waals surface area contributed by atoms with Crippen LogP contribution in [-0.4, -0.2) is 0 Å². The van der Waals surface area contributed by atoms with Gasteiger partial charge in [-0.1, -0.05) is 0 Å². The normalized spacial score (nSPS) is 9.70. The van der Waals surface area contributed by atoms with Crippen molar-refractivity contribution >= 4 is 92.3 Å². The predicted molar refractivity (Wildman–Crippen MR) is 218 cm³/mol. The molecular weight excluding hydrogens is 785 g/mol. The summed E-state index contributed by atoms with van der Waals surface area (Å²) in [6.45, 7) is 0. The van der Waals surface area contributed by atoms with Gasteiger partial charge >= 0.3 is 0 Å². The Balaban J connectivity index is 1.57. The first kappa shape index (κ1) is 36.9. The van der Waals surface area contributed by atoms with Crippen molar-refractivity contribution in [2.24, 2.45) is 0 Å². The van der Waals surface area contributed by atoms with Gasteiger partial charge in [-0.15, -0.1) is 68.0 Å². The molecule has 6 aromatic rings. The number of nitriles is 8. The summed E-state index contributed by atoms with van der Waals surface area (Å²) < 4.78 is 0. The molecule has 0 N–H and O–H groups in total. The molecular formula is C40H14N8S6. The third kappa shape index (κ3) is 7.93. The van der Waals surface area contributed by atoms with Crippen molar-refractivity contribution < 1.29 is 0 Å². The second-order valence-electron chi connectivity index (χ2n) is 10.6. The fourth-order valence-electron chi connectivity index (χ4n) is 4.95. The fraction of sp³-hybridized carbons (Fsp3) is 0. The van der Waals surface area contributed by atoms with E-state index in [0.29, 0.717) is 0 Å². The van der Waals surface area contributed by atoms with E-state index in [-0.39, 0.29) is 22.3 Å². The maximum Gasteiger partial charge on any atom is 0.131 e. The van der Waals surface area contributed by atoms with Crippen LogP contribution in [0.15, 0.2) is 83.0 Å². The third-order valence-corrected chi connectivity index (χ3v) is 14.5. The average molecular weight is 799 g/mol. The number of rotatable bonds is 9. The standard InChI is InChI=1S/C40H14N8S6/c41-15-23(16-42)9-27-1-5-33(49-27)37-13-31(39(53-37)35-7-3-29(51-35)11-25(19-45)20-46)32-14-38(34-6-2-28(50-34)10-24(17-43)18-44)54-40(32)36-8-4-30(52-36)12-26(21-47)22-48/h1-14H. The predicted octanol–water partition coefficient (Wildman–Crippen LogP) is 12.1. The highest BCUT2D eigenvalue weighted by atomic mass is 32.1. The monoisotopic (exact) mass is 798 g/mol. The van der Waals surface area contributed by atoms with Gasteiger partial charge in [0.1, 0.15) is 70.8 Å². The Morgan fingerprint density at radius 3 is 0.870 bits per heavy atom. The van der Waals surface area contributed by atoms with Crippen molar-refractivity contribution in [3.63, 3.8) is 0 Å². The molecule has 54 heavy (non-hydrogen) atoms. The molecule has 0 bridgehead atoms. The largest absolute Gasteiger partial charge is 0.192 e. The zero-order valence-corrected chi connectivity index (χ0v) is 32.0. The van der Waals surface area contributed by atoms with Gasteiger partial charge in [-0.2, -0.15) is 42.1 Å². The first-order chi connectivity index (χ1) is 26.3. The van der Waals surface area contributed by atoms with E-state index in [1.54, 1.807) is 47.0 Å². The van der Waals surface area contributed by atoms with E-state index in [0.717, 1.165) is 69.7 Å². The summed E-state index contributed by atoms with van der Waals surface area (Å²) in [7, 11) is 0. The Hall–Kier alpha value is -6.92. The van der Waals surface area contributed by atoms with Crippen LogP contribution in [0.4, 0.5) is 0 Å². The first-order valence-electron chi connectivity index (χ1n) is 15.1. The van der Waals surface area contributed by atoms with Crippen LogP contribution in [0.25, 0.3) is 74.4 Å². The van der Waals surface area contributed by atoms with Crippen molar-refractivity contribution in [2.75, 3.05) is 0 Å².